The summed E-state index contributed by atoms with van der Waals surface area (Å²) in [5, 5.41) is 13.2. The second-order valence-corrected chi connectivity index (χ2v) is 8.96. The van der Waals surface area contributed by atoms with Crippen LogP contribution in [0.15, 0.2) is 71.8 Å². The summed E-state index contributed by atoms with van der Waals surface area (Å²) in [6, 6.07) is 19.0. The predicted octanol–water partition coefficient (Wildman–Crippen LogP) is 3.56. The van der Waals surface area contributed by atoms with Gasteiger partial charge in [0.05, 0.1) is 6.54 Å². The van der Waals surface area contributed by atoms with Gasteiger partial charge in [-0.05, 0) is 12.5 Å². The largest absolute Gasteiger partial charge is 0.267 e. The molecule has 0 amide bonds. The molecule has 1 N–H and O–H groups in total. The van der Waals surface area contributed by atoms with Gasteiger partial charge in [-0.1, -0.05) is 72.0 Å². The second-order valence-electron chi connectivity index (χ2n) is 6.12. The third-order valence-corrected chi connectivity index (χ3v) is 6.22. The molecule has 0 aliphatic carbocycles. The van der Waals surface area contributed by atoms with Gasteiger partial charge in [0.1, 0.15) is 15.6 Å². The van der Waals surface area contributed by atoms with Crippen molar-refractivity contribution in [2.45, 2.75) is 18.4 Å². The fourth-order valence-corrected chi connectivity index (χ4v) is 4.75. The fraction of sp³-hybridized carbons (Fsp3) is 0.105. The van der Waals surface area contributed by atoms with Crippen molar-refractivity contribution in [3.05, 3.63) is 77.4 Å². The minimum atomic E-state index is -3.88. The van der Waals surface area contributed by atoms with Crippen molar-refractivity contribution in [3.8, 4) is 11.3 Å². The number of nitrogens with one attached hydrogen (secondary N) is 1. The van der Waals surface area contributed by atoms with Crippen LogP contribution in [0, 0.1) is 6.92 Å². The highest BCUT2D eigenvalue weighted by atomic mass is 32.2. The minimum absolute atomic E-state index is 0.0995. The van der Waals surface area contributed by atoms with Gasteiger partial charge in [0.25, 0.3) is 10.0 Å². The number of aryl methyl sites for hydroxylation is 1. The lowest BCUT2D eigenvalue weighted by atomic mass is 10.2. The van der Waals surface area contributed by atoms with E-state index in [9.17, 15) is 8.42 Å². The van der Waals surface area contributed by atoms with Gasteiger partial charge in [0.2, 0.25) is 5.13 Å². The van der Waals surface area contributed by atoms with Crippen molar-refractivity contribution in [2.75, 3.05) is 4.72 Å². The van der Waals surface area contributed by atoms with E-state index >= 15 is 0 Å². The minimum Gasteiger partial charge on any atom is -0.266 e. The van der Waals surface area contributed by atoms with Crippen molar-refractivity contribution in [1.82, 2.24) is 20.0 Å². The molecule has 7 nitrogen and oxygen atoms in total. The molecule has 0 radical (unpaired) electrons. The fourth-order valence-electron chi connectivity index (χ4n) is 2.75. The lowest BCUT2D eigenvalue weighted by Gasteiger charge is -2.04. The zero-order valence-corrected chi connectivity index (χ0v) is 16.6. The van der Waals surface area contributed by atoms with E-state index in [1.54, 1.807) is 17.8 Å². The van der Waals surface area contributed by atoms with Crippen LogP contribution in [-0.4, -0.2) is 28.4 Å². The SMILES string of the molecule is Cc1nnc(NS(=O)(=O)c2cn(Cc3ccccc3)nc2-c2ccccc2)s1. The first-order chi connectivity index (χ1) is 13.5. The Hall–Kier alpha value is -3.04. The average molecular weight is 412 g/mol. The molecule has 0 unspecified atom stereocenters. The molecule has 0 bridgehead atoms. The highest BCUT2D eigenvalue weighted by Crippen LogP contribution is 2.28. The van der Waals surface area contributed by atoms with E-state index in [0.29, 0.717) is 17.2 Å². The Morgan fingerprint density at radius 2 is 1.68 bits per heavy atom. The monoisotopic (exact) mass is 411 g/mol. The van der Waals surface area contributed by atoms with Crippen molar-refractivity contribution >= 4 is 26.5 Å². The quantitative estimate of drug-likeness (QED) is 0.524. The van der Waals surface area contributed by atoms with Gasteiger partial charge in [-0.15, -0.1) is 10.2 Å². The van der Waals surface area contributed by atoms with E-state index in [-0.39, 0.29) is 10.0 Å². The number of anilines is 1. The molecule has 28 heavy (non-hydrogen) atoms. The molecule has 0 fully saturated rings. The Kier molecular flexibility index (Phi) is 4.93. The molecule has 0 saturated carbocycles. The van der Waals surface area contributed by atoms with E-state index in [1.807, 2.05) is 60.7 Å². The molecule has 0 aliphatic heterocycles. The maximum atomic E-state index is 13.0. The van der Waals surface area contributed by atoms with Gasteiger partial charge in [-0.25, -0.2) is 8.42 Å². The normalized spacial score (nSPS) is 11.5. The Bertz CT molecular complexity index is 1190. The molecular formula is C19H17N5O2S2. The second kappa shape index (κ2) is 7.53. The highest BCUT2D eigenvalue weighted by Gasteiger charge is 2.25. The molecule has 4 aromatic rings. The molecule has 0 spiro atoms. The van der Waals surface area contributed by atoms with Crippen LogP contribution in [0.1, 0.15) is 10.6 Å². The van der Waals surface area contributed by atoms with E-state index in [4.69, 9.17) is 0 Å². The number of hydrogen-bond acceptors (Lipinski definition) is 6. The molecule has 0 atom stereocenters. The molecule has 2 aromatic heterocycles. The van der Waals surface area contributed by atoms with Crippen LogP contribution in [-0.2, 0) is 16.6 Å². The van der Waals surface area contributed by atoms with Gasteiger partial charge in [0.15, 0.2) is 0 Å². The highest BCUT2D eigenvalue weighted by molar-refractivity contribution is 7.93. The number of nitrogens with zero attached hydrogens (tertiary/aromatic N) is 4. The average Bonchev–Trinajstić information content (AvgIpc) is 3.29. The first-order valence-corrected chi connectivity index (χ1v) is 10.8. The molecule has 4 rings (SSSR count). The summed E-state index contributed by atoms with van der Waals surface area (Å²) in [5.74, 6) is 0. The van der Waals surface area contributed by atoms with Gasteiger partial charge in [-0.2, -0.15) is 5.10 Å². The molecule has 2 heterocycles. The van der Waals surface area contributed by atoms with Crippen molar-refractivity contribution < 1.29 is 8.42 Å². The summed E-state index contributed by atoms with van der Waals surface area (Å²) in [6.45, 7) is 2.23. The lowest BCUT2D eigenvalue weighted by Crippen LogP contribution is -2.13. The maximum absolute atomic E-state index is 13.0. The van der Waals surface area contributed by atoms with Crippen LogP contribution in [0.3, 0.4) is 0 Å². The lowest BCUT2D eigenvalue weighted by molar-refractivity contribution is 0.601. The third kappa shape index (κ3) is 3.95. The van der Waals surface area contributed by atoms with Crippen LogP contribution in [0.25, 0.3) is 11.3 Å². The summed E-state index contributed by atoms with van der Waals surface area (Å²) >= 11 is 1.18. The van der Waals surface area contributed by atoms with E-state index in [1.165, 1.54) is 11.3 Å². The van der Waals surface area contributed by atoms with Crippen molar-refractivity contribution in [3.63, 3.8) is 0 Å². The van der Waals surface area contributed by atoms with Crippen molar-refractivity contribution in [1.29, 1.82) is 0 Å². The van der Waals surface area contributed by atoms with Crippen molar-refractivity contribution in [2.24, 2.45) is 0 Å². The maximum Gasteiger partial charge on any atom is 0.267 e. The summed E-state index contributed by atoms with van der Waals surface area (Å²) in [7, 11) is -3.88. The third-order valence-electron chi connectivity index (χ3n) is 4.00. The Balaban J connectivity index is 1.75. The molecule has 142 valence electrons. The summed E-state index contributed by atoms with van der Waals surface area (Å²) in [4.78, 5) is 0.0995. The summed E-state index contributed by atoms with van der Waals surface area (Å²) < 4.78 is 30.2. The van der Waals surface area contributed by atoms with E-state index in [0.717, 1.165) is 11.1 Å². The molecule has 0 aliphatic rings. The standard InChI is InChI=1S/C19H17N5O2S2/c1-14-20-21-19(27-14)23-28(25,26)17-13-24(12-15-8-4-2-5-9-15)22-18(17)16-10-6-3-7-11-16/h2-11,13H,12H2,1H3,(H,21,23). The molecule has 0 saturated heterocycles. The van der Waals surface area contributed by atoms with Crippen LogP contribution in [0.5, 0.6) is 0 Å². The Morgan fingerprint density at radius 3 is 2.32 bits per heavy atom. The van der Waals surface area contributed by atoms with Gasteiger partial charge in [0, 0.05) is 11.8 Å². The number of benzene rings is 2. The smallest absolute Gasteiger partial charge is 0.266 e. The zero-order valence-electron chi connectivity index (χ0n) is 15.0. The zero-order chi connectivity index (χ0) is 19.6. The van der Waals surface area contributed by atoms with Gasteiger partial charge >= 0.3 is 0 Å². The van der Waals surface area contributed by atoms with Crippen LogP contribution in [0.4, 0.5) is 5.13 Å². The number of sulfonamides is 1. The Morgan fingerprint density at radius 1 is 1.00 bits per heavy atom. The van der Waals surface area contributed by atoms with E-state index < -0.39 is 10.0 Å². The van der Waals surface area contributed by atoms with Gasteiger partial charge in [-0.3, -0.25) is 9.40 Å². The number of aromatic nitrogens is 4. The summed E-state index contributed by atoms with van der Waals surface area (Å²) in [6.07, 6.45) is 1.55. The number of hydrogen-bond donors (Lipinski definition) is 1. The topological polar surface area (TPSA) is 89.8 Å². The molecule has 9 heteroatoms. The van der Waals surface area contributed by atoms with Crippen LogP contribution in [0.2, 0.25) is 0 Å². The van der Waals surface area contributed by atoms with E-state index in [2.05, 4.69) is 20.0 Å². The van der Waals surface area contributed by atoms with Crippen LogP contribution < -0.4 is 4.72 Å². The number of rotatable bonds is 6. The molecule has 2 aromatic carbocycles. The molecular weight excluding hydrogens is 394 g/mol. The predicted molar refractivity (Wildman–Crippen MR) is 109 cm³/mol. The first kappa shape index (κ1) is 18.3. The van der Waals surface area contributed by atoms with Crippen LogP contribution >= 0.6 is 11.3 Å². The van der Waals surface area contributed by atoms with Gasteiger partial charge < -0.3 is 0 Å². The summed E-state index contributed by atoms with van der Waals surface area (Å²) in [5.41, 5.74) is 2.15. The Labute approximate surface area is 166 Å². The first-order valence-electron chi connectivity index (χ1n) is 8.51.